The van der Waals surface area contributed by atoms with E-state index in [1.165, 1.54) is 0 Å². The Morgan fingerprint density at radius 2 is 1.00 bits per heavy atom. The molecule has 0 heterocycles. The SMILES string of the molecule is [Ba].[Bi].[Fe].[Mn].[Nd].[Sc].[Ti]. The second kappa shape index (κ2) is 39.3. The van der Waals surface area contributed by atoms with Crippen molar-refractivity contribution in [1.82, 2.24) is 0 Å². The quantitative estimate of drug-likeness (QED) is 0.293. The minimum Gasteiger partial charge on any atom is 0 e. The molecule has 0 bridgehead atoms. The van der Waals surface area contributed by atoms with Gasteiger partial charge in [-0.25, -0.2) is 0 Å². The molecule has 0 aliphatic carbocycles. The molecular formula is BaBiFeMnNdScTi. The van der Waals surface area contributed by atoms with Gasteiger partial charge in [-0.05, 0) is 0 Å². The van der Waals surface area contributed by atoms with Crippen LogP contribution in [0, 0.1) is 40.8 Å². The Hall–Kier alpha value is 6.43. The molecule has 0 amide bonds. The van der Waals surface area contributed by atoms with Crippen molar-refractivity contribution in [3.8, 4) is 0 Å². The third kappa shape index (κ3) is 32.7. The topological polar surface area (TPSA) is 0 Å². The summed E-state index contributed by atoms with van der Waals surface area (Å²) in [6.07, 6.45) is 0. The van der Waals surface area contributed by atoms with Gasteiger partial charge in [0.1, 0.15) is 0 Å². The van der Waals surface area contributed by atoms with Crippen LogP contribution in [-0.2, 0) is 81.7 Å². The van der Waals surface area contributed by atoms with E-state index in [0.717, 1.165) is 0 Å². The average molecular weight is 694 g/mol. The van der Waals surface area contributed by atoms with Crippen LogP contribution in [0.3, 0.4) is 0 Å². The van der Waals surface area contributed by atoms with Gasteiger partial charge in [0.15, 0.2) is 0 Å². The molecule has 7 heavy (non-hydrogen) atoms. The van der Waals surface area contributed by atoms with Crippen LogP contribution in [-0.4, -0.2) is 75.1 Å². The fourth-order valence-corrected chi connectivity index (χ4v) is 0. The van der Waals surface area contributed by atoms with E-state index < -0.39 is 0 Å². The van der Waals surface area contributed by atoms with Gasteiger partial charge in [0.2, 0.25) is 0 Å². The minimum atomic E-state index is 0. The summed E-state index contributed by atoms with van der Waals surface area (Å²) in [5, 5.41) is 0. The number of hydrogen-bond acceptors (Lipinski definition) is 0. The molecule has 0 N–H and O–H groups in total. The third-order valence-corrected chi connectivity index (χ3v) is 0. The predicted molar refractivity (Wildman–Crippen MR) is 11.5 cm³/mol. The van der Waals surface area contributed by atoms with Gasteiger partial charge in [-0.1, -0.05) is 0 Å². The molecular weight excluding hydrogens is 694 g/mol. The monoisotopic (exact) mass is 693 g/mol. The average Bonchev–Trinajstić information content (AvgIpc) is 0. The van der Waals surface area contributed by atoms with Crippen molar-refractivity contribution in [2.75, 3.05) is 0 Å². The first-order valence-corrected chi connectivity index (χ1v) is 0. The molecule has 0 spiro atoms. The first-order chi connectivity index (χ1) is 0. The van der Waals surface area contributed by atoms with Crippen LogP contribution in [0.5, 0.6) is 0 Å². The van der Waals surface area contributed by atoms with Gasteiger partial charge in [0.05, 0.1) is 0 Å². The van der Waals surface area contributed by atoms with Gasteiger partial charge in [-0.15, -0.1) is 0 Å². The van der Waals surface area contributed by atoms with E-state index in [0.29, 0.717) is 0 Å². The smallest absolute Gasteiger partial charge is 0 e. The van der Waals surface area contributed by atoms with Gasteiger partial charge in [-0.3, -0.25) is 0 Å². The van der Waals surface area contributed by atoms with Gasteiger partial charge >= 0.3 is 0 Å². The second-order valence-corrected chi connectivity index (χ2v) is 0. The second-order valence-electron chi connectivity index (χ2n) is 0. The maximum atomic E-state index is 0. The Morgan fingerprint density at radius 1 is 1.00 bits per heavy atom. The summed E-state index contributed by atoms with van der Waals surface area (Å²) in [5.41, 5.74) is 0. The predicted octanol–water partition coefficient (Wildman–Crippen LogP) is -0.772. The standard InChI is InChI=1S/Ba.Bi.Fe.Mn.Nd.Sc.Ti. The van der Waals surface area contributed by atoms with Gasteiger partial charge in [-0.2, -0.15) is 0 Å². The molecule has 33 valence electrons. The van der Waals surface area contributed by atoms with Crippen molar-refractivity contribution in [3.63, 3.8) is 0 Å². The molecule has 0 aromatic rings. The van der Waals surface area contributed by atoms with Gasteiger partial charge in [0, 0.05) is 198 Å². The maximum absolute atomic E-state index is 0. The minimum absolute atomic E-state index is 0. The molecule has 0 atom stereocenters. The zero-order valence-electron chi connectivity index (χ0n) is 3.46. The van der Waals surface area contributed by atoms with E-state index in [1.54, 1.807) is 0 Å². The molecule has 7 heteroatoms. The summed E-state index contributed by atoms with van der Waals surface area (Å²) in [5.74, 6) is 0. The molecule has 0 saturated carbocycles. The summed E-state index contributed by atoms with van der Waals surface area (Å²) >= 11 is 0. The van der Waals surface area contributed by atoms with Crippen molar-refractivity contribution in [2.24, 2.45) is 0 Å². The van der Waals surface area contributed by atoms with Gasteiger partial charge < -0.3 is 0 Å². The summed E-state index contributed by atoms with van der Waals surface area (Å²) in [6, 6.07) is 0. The summed E-state index contributed by atoms with van der Waals surface area (Å²) in [7, 11) is 0. The van der Waals surface area contributed by atoms with E-state index in [4.69, 9.17) is 0 Å². The van der Waals surface area contributed by atoms with Crippen LogP contribution in [0.2, 0.25) is 0 Å². The fraction of sp³-hybridized carbons (Fsp3) is 0. The molecule has 0 rings (SSSR count). The third-order valence-electron chi connectivity index (χ3n) is 0. The van der Waals surface area contributed by atoms with Crippen molar-refractivity contribution in [2.45, 2.75) is 0 Å². The van der Waals surface area contributed by atoms with Crippen LogP contribution in [0.25, 0.3) is 0 Å². The van der Waals surface area contributed by atoms with Crippen LogP contribution in [0.4, 0.5) is 0 Å². The zero-order chi connectivity index (χ0) is 0. The summed E-state index contributed by atoms with van der Waals surface area (Å²) in [4.78, 5) is 0. The fourth-order valence-electron chi connectivity index (χ4n) is 0. The summed E-state index contributed by atoms with van der Waals surface area (Å²) in [6.45, 7) is 0. The van der Waals surface area contributed by atoms with E-state index in [2.05, 4.69) is 0 Å². The number of rotatable bonds is 0. The Morgan fingerprint density at radius 3 is 1.00 bits per heavy atom. The maximum Gasteiger partial charge on any atom is 0 e. The van der Waals surface area contributed by atoms with E-state index >= 15 is 0 Å². The van der Waals surface area contributed by atoms with Crippen molar-refractivity contribution < 1.29 is 123 Å². The Bertz CT molecular complexity index is 19.7. The van der Waals surface area contributed by atoms with Crippen LogP contribution < -0.4 is 0 Å². The summed E-state index contributed by atoms with van der Waals surface area (Å²) < 4.78 is 0. The molecule has 0 aromatic carbocycles. The van der Waals surface area contributed by atoms with Crippen molar-refractivity contribution in [1.29, 1.82) is 0 Å². The van der Waals surface area contributed by atoms with E-state index in [1.807, 2.05) is 0 Å². The van der Waals surface area contributed by atoms with Crippen molar-refractivity contribution >= 4 is 75.1 Å². The van der Waals surface area contributed by atoms with Crippen LogP contribution >= 0.6 is 0 Å². The normalized spacial score (nSPS) is 0. The van der Waals surface area contributed by atoms with Crippen LogP contribution in [0.1, 0.15) is 0 Å². The number of hydrogen-bond donors (Lipinski definition) is 0. The molecule has 0 aromatic heterocycles. The van der Waals surface area contributed by atoms with Gasteiger partial charge in [0.25, 0.3) is 0 Å². The molecule has 0 unspecified atom stereocenters. The first kappa shape index (κ1) is 50.2. The molecule has 0 fully saturated rings. The Labute approximate surface area is 191 Å². The zero-order valence-corrected chi connectivity index (χ0v) is 20.2. The Balaban J connectivity index is 0. The molecule has 7 radical (unpaired) electrons. The largest absolute Gasteiger partial charge is 0 e. The van der Waals surface area contributed by atoms with E-state index in [9.17, 15) is 0 Å². The molecule has 0 nitrogen and oxygen atoms in total. The molecule has 0 aliphatic heterocycles. The molecule has 0 aliphatic rings. The van der Waals surface area contributed by atoms with Crippen LogP contribution in [0.15, 0.2) is 0 Å². The van der Waals surface area contributed by atoms with E-state index in [-0.39, 0.29) is 198 Å². The van der Waals surface area contributed by atoms with Crippen molar-refractivity contribution in [3.05, 3.63) is 0 Å². The molecule has 0 saturated heterocycles. The Kier molecular flexibility index (Phi) is 282. The first-order valence-electron chi connectivity index (χ1n) is 0.